The number of carbonyl (C=O) groups excluding carboxylic acids is 1. The molecule has 2 rings (SSSR count). The van der Waals surface area contributed by atoms with Crippen molar-refractivity contribution in [2.75, 3.05) is 18.7 Å². The molecule has 1 amide bonds. The molecule has 0 saturated carbocycles. The van der Waals surface area contributed by atoms with E-state index in [2.05, 4.69) is 10.6 Å². The summed E-state index contributed by atoms with van der Waals surface area (Å²) < 4.78 is 10.2. The molecule has 0 fully saturated rings. The molecule has 0 unspecified atom stereocenters. The maximum atomic E-state index is 11.7. The second-order valence-electron chi connectivity index (χ2n) is 4.56. The van der Waals surface area contributed by atoms with Crippen LogP contribution in [-0.2, 0) is 4.79 Å². The van der Waals surface area contributed by atoms with E-state index in [0.29, 0.717) is 11.5 Å². The Morgan fingerprint density at radius 3 is 2.65 bits per heavy atom. The number of fused-ring (bicyclic) bond motifs is 1. The van der Waals surface area contributed by atoms with Gasteiger partial charge in [-0.3, -0.25) is 14.9 Å². The van der Waals surface area contributed by atoms with Gasteiger partial charge in [0.05, 0.1) is 17.5 Å². The average molecular weight is 281 g/mol. The number of nitro groups is 1. The lowest BCUT2D eigenvalue weighted by molar-refractivity contribution is -0.384. The molecule has 0 bridgehead atoms. The SMILES string of the molecule is CC(C)NCC(=O)Nc1cc2c(cc1[N+](=O)[O-])OCO2. The molecule has 2 N–H and O–H groups in total. The smallest absolute Gasteiger partial charge is 0.296 e. The molecule has 1 aliphatic heterocycles. The van der Waals surface area contributed by atoms with Crippen LogP contribution < -0.4 is 20.1 Å². The predicted octanol–water partition coefficient (Wildman–Crippen LogP) is 1.26. The highest BCUT2D eigenvalue weighted by Gasteiger charge is 2.24. The topological polar surface area (TPSA) is 103 Å². The molecule has 0 aliphatic carbocycles. The van der Waals surface area contributed by atoms with Crippen molar-refractivity contribution in [1.82, 2.24) is 5.32 Å². The summed E-state index contributed by atoms with van der Waals surface area (Å²) in [7, 11) is 0. The first-order chi connectivity index (χ1) is 9.47. The number of ether oxygens (including phenoxy) is 2. The van der Waals surface area contributed by atoms with Gasteiger partial charge in [-0.15, -0.1) is 0 Å². The van der Waals surface area contributed by atoms with E-state index in [4.69, 9.17) is 9.47 Å². The van der Waals surface area contributed by atoms with E-state index in [0.717, 1.165) is 0 Å². The van der Waals surface area contributed by atoms with Crippen molar-refractivity contribution >= 4 is 17.3 Å². The second-order valence-corrected chi connectivity index (χ2v) is 4.56. The summed E-state index contributed by atoms with van der Waals surface area (Å²) >= 11 is 0. The Bertz CT molecular complexity index is 544. The minimum absolute atomic E-state index is 0.0127. The fourth-order valence-electron chi connectivity index (χ4n) is 1.67. The third kappa shape index (κ3) is 3.15. The molecule has 1 heterocycles. The molecule has 108 valence electrons. The van der Waals surface area contributed by atoms with Crippen LogP contribution in [0.3, 0.4) is 0 Å². The Morgan fingerprint density at radius 1 is 1.40 bits per heavy atom. The summed E-state index contributed by atoms with van der Waals surface area (Å²) in [4.78, 5) is 22.2. The van der Waals surface area contributed by atoms with E-state index in [9.17, 15) is 14.9 Å². The summed E-state index contributed by atoms with van der Waals surface area (Å²) in [5.74, 6) is 0.318. The van der Waals surface area contributed by atoms with Crippen molar-refractivity contribution in [2.24, 2.45) is 0 Å². The lowest BCUT2D eigenvalue weighted by atomic mass is 10.2. The lowest BCUT2D eigenvalue weighted by Gasteiger charge is -2.09. The van der Waals surface area contributed by atoms with Crippen LogP contribution in [0, 0.1) is 10.1 Å². The highest BCUT2D eigenvalue weighted by Crippen LogP contribution is 2.40. The average Bonchev–Trinajstić information content (AvgIpc) is 2.82. The van der Waals surface area contributed by atoms with Crippen LogP contribution in [0.25, 0.3) is 0 Å². The van der Waals surface area contributed by atoms with Gasteiger partial charge >= 0.3 is 0 Å². The number of benzene rings is 1. The van der Waals surface area contributed by atoms with Crippen LogP contribution in [0.5, 0.6) is 11.5 Å². The van der Waals surface area contributed by atoms with Crippen LogP contribution in [0.2, 0.25) is 0 Å². The van der Waals surface area contributed by atoms with Gasteiger partial charge in [0, 0.05) is 12.1 Å². The van der Waals surface area contributed by atoms with Crippen molar-refractivity contribution in [3.8, 4) is 11.5 Å². The number of hydrogen-bond donors (Lipinski definition) is 2. The molecule has 1 aromatic rings. The van der Waals surface area contributed by atoms with Crippen molar-refractivity contribution in [2.45, 2.75) is 19.9 Å². The van der Waals surface area contributed by atoms with E-state index in [-0.39, 0.29) is 36.7 Å². The van der Waals surface area contributed by atoms with Crippen molar-refractivity contribution in [1.29, 1.82) is 0 Å². The van der Waals surface area contributed by atoms with E-state index < -0.39 is 4.92 Å². The first-order valence-electron chi connectivity index (χ1n) is 6.08. The quantitative estimate of drug-likeness (QED) is 0.622. The summed E-state index contributed by atoms with van der Waals surface area (Å²) in [6, 6.07) is 2.79. The summed E-state index contributed by atoms with van der Waals surface area (Å²) in [5.41, 5.74) is -0.137. The maximum Gasteiger partial charge on any atom is 0.296 e. The summed E-state index contributed by atoms with van der Waals surface area (Å²) in [5, 5.41) is 16.4. The van der Waals surface area contributed by atoms with Gasteiger partial charge in [-0.05, 0) is 0 Å². The Balaban J connectivity index is 2.18. The van der Waals surface area contributed by atoms with Gasteiger partial charge in [0.25, 0.3) is 5.69 Å². The molecule has 1 aliphatic rings. The molecular weight excluding hydrogens is 266 g/mol. The van der Waals surface area contributed by atoms with Gasteiger partial charge in [-0.1, -0.05) is 13.8 Å². The van der Waals surface area contributed by atoms with Crippen LogP contribution >= 0.6 is 0 Å². The van der Waals surface area contributed by atoms with Gasteiger partial charge in [0.15, 0.2) is 11.5 Å². The third-order valence-corrected chi connectivity index (χ3v) is 2.63. The Labute approximate surface area is 115 Å². The fourth-order valence-corrected chi connectivity index (χ4v) is 1.67. The molecular formula is C12H15N3O5. The minimum Gasteiger partial charge on any atom is -0.454 e. The van der Waals surface area contributed by atoms with Gasteiger partial charge in [0.2, 0.25) is 12.7 Å². The first-order valence-corrected chi connectivity index (χ1v) is 6.08. The third-order valence-electron chi connectivity index (χ3n) is 2.63. The van der Waals surface area contributed by atoms with Crippen molar-refractivity contribution in [3.63, 3.8) is 0 Å². The van der Waals surface area contributed by atoms with E-state index in [1.165, 1.54) is 12.1 Å². The number of nitrogens with one attached hydrogen (secondary N) is 2. The highest BCUT2D eigenvalue weighted by molar-refractivity contribution is 5.95. The molecule has 0 atom stereocenters. The van der Waals surface area contributed by atoms with Crippen LogP contribution in [0.4, 0.5) is 11.4 Å². The van der Waals surface area contributed by atoms with Gasteiger partial charge in [-0.25, -0.2) is 0 Å². The lowest BCUT2D eigenvalue weighted by Crippen LogP contribution is -2.32. The number of anilines is 1. The zero-order chi connectivity index (χ0) is 14.7. The Kier molecular flexibility index (Phi) is 4.04. The number of hydrogen-bond acceptors (Lipinski definition) is 6. The molecule has 0 saturated heterocycles. The largest absolute Gasteiger partial charge is 0.454 e. The molecule has 20 heavy (non-hydrogen) atoms. The number of amides is 1. The molecule has 0 spiro atoms. The number of nitrogens with zero attached hydrogens (tertiary/aromatic N) is 1. The normalized spacial score (nSPS) is 12.6. The minimum atomic E-state index is -0.576. The zero-order valence-corrected chi connectivity index (χ0v) is 11.1. The van der Waals surface area contributed by atoms with Gasteiger partial charge in [0.1, 0.15) is 5.69 Å². The maximum absolute atomic E-state index is 11.7. The fraction of sp³-hybridized carbons (Fsp3) is 0.417. The summed E-state index contributed by atoms with van der Waals surface area (Å²) in [6.07, 6.45) is 0. The molecule has 8 heteroatoms. The standard InChI is InChI=1S/C12H15N3O5/c1-7(2)13-5-12(16)14-8-3-10-11(20-6-19-10)4-9(8)15(17)18/h3-4,7,13H,5-6H2,1-2H3,(H,14,16). The number of nitro benzene ring substituents is 1. The van der Waals surface area contributed by atoms with Crippen LogP contribution in [-0.4, -0.2) is 30.2 Å². The van der Waals surface area contributed by atoms with Crippen molar-refractivity contribution in [3.05, 3.63) is 22.2 Å². The molecule has 1 aromatic carbocycles. The van der Waals surface area contributed by atoms with E-state index in [1.807, 2.05) is 13.8 Å². The zero-order valence-electron chi connectivity index (χ0n) is 11.1. The Hall–Kier alpha value is -2.35. The number of rotatable bonds is 5. The van der Waals surface area contributed by atoms with Gasteiger partial charge < -0.3 is 20.1 Å². The first kappa shape index (κ1) is 14.1. The van der Waals surface area contributed by atoms with Crippen LogP contribution in [0.15, 0.2) is 12.1 Å². The Morgan fingerprint density at radius 2 is 2.05 bits per heavy atom. The highest BCUT2D eigenvalue weighted by atomic mass is 16.7. The predicted molar refractivity (Wildman–Crippen MR) is 71.0 cm³/mol. The summed E-state index contributed by atoms with van der Waals surface area (Å²) in [6.45, 7) is 3.88. The van der Waals surface area contributed by atoms with E-state index in [1.54, 1.807) is 0 Å². The van der Waals surface area contributed by atoms with Gasteiger partial charge in [-0.2, -0.15) is 0 Å². The molecule has 0 aromatic heterocycles. The van der Waals surface area contributed by atoms with E-state index >= 15 is 0 Å². The second kappa shape index (κ2) is 5.74. The van der Waals surface area contributed by atoms with Crippen molar-refractivity contribution < 1.29 is 19.2 Å². The van der Waals surface area contributed by atoms with Crippen LogP contribution in [0.1, 0.15) is 13.8 Å². The number of carbonyl (C=O) groups is 1. The monoisotopic (exact) mass is 281 g/mol. The molecule has 8 nitrogen and oxygen atoms in total. The molecule has 0 radical (unpaired) electrons.